The number of amides is 1. The maximum absolute atomic E-state index is 13.2. The highest BCUT2D eigenvalue weighted by Crippen LogP contribution is 2.36. The molecule has 1 heterocycles. The van der Waals surface area contributed by atoms with Crippen LogP contribution in [0.25, 0.3) is 0 Å². The van der Waals surface area contributed by atoms with E-state index in [1.165, 1.54) is 7.11 Å². The van der Waals surface area contributed by atoms with Crippen LogP contribution in [0, 0.1) is 5.92 Å². The Morgan fingerprint density at radius 1 is 1.41 bits per heavy atom. The van der Waals surface area contributed by atoms with Gasteiger partial charge in [0.1, 0.15) is 11.5 Å². The summed E-state index contributed by atoms with van der Waals surface area (Å²) in [7, 11) is -2.07. The van der Waals surface area contributed by atoms with Crippen molar-refractivity contribution in [1.29, 1.82) is 0 Å². The highest BCUT2D eigenvalue weighted by molar-refractivity contribution is 7.89. The van der Waals surface area contributed by atoms with Gasteiger partial charge in [0, 0.05) is 12.1 Å². The van der Waals surface area contributed by atoms with Crippen LogP contribution in [0.4, 0.5) is 0 Å². The summed E-state index contributed by atoms with van der Waals surface area (Å²) in [6.07, 6.45) is 2.22. The van der Waals surface area contributed by atoms with Crippen molar-refractivity contribution in [2.24, 2.45) is 5.92 Å². The van der Waals surface area contributed by atoms with Crippen LogP contribution >= 0.6 is 0 Å². The van der Waals surface area contributed by atoms with Gasteiger partial charge in [-0.1, -0.05) is 26.8 Å². The van der Waals surface area contributed by atoms with Gasteiger partial charge < -0.3 is 14.8 Å². The first-order valence-corrected chi connectivity index (χ1v) is 11.8. The lowest BCUT2D eigenvalue weighted by atomic mass is 10.0. The Bertz CT molecular complexity index is 796. The molecule has 2 rings (SSSR count). The maximum Gasteiger partial charge on any atom is 0.251 e. The second kappa shape index (κ2) is 9.91. The van der Waals surface area contributed by atoms with Crippen molar-refractivity contribution in [1.82, 2.24) is 9.62 Å². The van der Waals surface area contributed by atoms with Crippen molar-refractivity contribution in [3.63, 3.8) is 0 Å². The molecule has 0 radical (unpaired) electrons. The van der Waals surface area contributed by atoms with Gasteiger partial charge in [-0.25, -0.2) is 8.42 Å². The van der Waals surface area contributed by atoms with Crippen molar-refractivity contribution in [3.05, 3.63) is 29.8 Å². The molecule has 1 aliphatic rings. The number of rotatable bonds is 10. The predicted molar refractivity (Wildman–Crippen MR) is 113 cm³/mol. The summed E-state index contributed by atoms with van der Waals surface area (Å²) in [5.74, 6) is 0.542. The fraction of sp³-hybridized carbons (Fsp3) is 0.667. The molecule has 164 valence electrons. The topological polar surface area (TPSA) is 84.9 Å². The highest BCUT2D eigenvalue weighted by Gasteiger charge is 2.49. The van der Waals surface area contributed by atoms with Gasteiger partial charge in [0.15, 0.2) is 0 Å². The molecular formula is C21H34N2O5S. The zero-order valence-corrected chi connectivity index (χ0v) is 18.9. The molecule has 7 nitrogen and oxygen atoms in total. The number of methoxy groups -OCH3 is 1. The van der Waals surface area contributed by atoms with Gasteiger partial charge in [0.2, 0.25) is 10.0 Å². The zero-order chi connectivity index (χ0) is 21.7. The van der Waals surface area contributed by atoms with Crippen LogP contribution in [0.5, 0.6) is 5.75 Å². The van der Waals surface area contributed by atoms with E-state index in [0.717, 1.165) is 6.42 Å². The number of sulfonamides is 1. The van der Waals surface area contributed by atoms with Gasteiger partial charge in [0.05, 0.1) is 25.5 Å². The second-order valence-corrected chi connectivity index (χ2v) is 10.0. The molecule has 1 saturated heterocycles. The summed E-state index contributed by atoms with van der Waals surface area (Å²) in [5, 5.41) is 2.70. The van der Waals surface area contributed by atoms with Crippen LogP contribution < -0.4 is 10.1 Å². The number of carbonyl (C=O) groups is 1. The lowest BCUT2D eigenvalue weighted by Gasteiger charge is -2.36. The van der Waals surface area contributed by atoms with Crippen molar-refractivity contribution in [2.45, 2.75) is 58.7 Å². The van der Waals surface area contributed by atoms with E-state index in [-0.39, 0.29) is 24.2 Å². The molecule has 0 bridgehead atoms. The van der Waals surface area contributed by atoms with Gasteiger partial charge in [-0.15, -0.1) is 0 Å². The largest absolute Gasteiger partial charge is 0.497 e. The summed E-state index contributed by atoms with van der Waals surface area (Å²) in [5.41, 5.74) is -0.403. The first kappa shape index (κ1) is 23.6. The molecule has 1 aromatic carbocycles. The van der Waals surface area contributed by atoms with Crippen LogP contribution in [-0.2, 0) is 14.8 Å². The molecule has 1 aliphatic heterocycles. The molecule has 2 atom stereocenters. The van der Waals surface area contributed by atoms with E-state index in [1.807, 2.05) is 13.8 Å². The van der Waals surface area contributed by atoms with Crippen molar-refractivity contribution >= 4 is 15.9 Å². The van der Waals surface area contributed by atoms with Gasteiger partial charge in [0.25, 0.3) is 5.91 Å². The highest BCUT2D eigenvalue weighted by atomic mass is 32.2. The molecule has 0 spiro atoms. The van der Waals surface area contributed by atoms with E-state index in [2.05, 4.69) is 19.2 Å². The first-order chi connectivity index (χ1) is 13.6. The molecule has 0 saturated carbocycles. The normalized spacial score (nSPS) is 22.8. The van der Waals surface area contributed by atoms with Crippen molar-refractivity contribution in [3.8, 4) is 5.75 Å². The Labute approximate surface area is 174 Å². The van der Waals surface area contributed by atoms with E-state index < -0.39 is 15.7 Å². The van der Waals surface area contributed by atoms with Gasteiger partial charge in [-0.05, 0) is 50.3 Å². The van der Waals surface area contributed by atoms with Crippen LogP contribution in [0.1, 0.15) is 57.3 Å². The minimum atomic E-state index is -3.60. The maximum atomic E-state index is 13.2. The fourth-order valence-electron chi connectivity index (χ4n) is 3.60. The Morgan fingerprint density at radius 2 is 2.14 bits per heavy atom. The number of nitrogens with one attached hydrogen (secondary N) is 1. The lowest BCUT2D eigenvalue weighted by Crippen LogP contribution is -2.51. The third-order valence-electron chi connectivity index (χ3n) is 5.32. The molecule has 1 N–H and O–H groups in total. The summed E-state index contributed by atoms with van der Waals surface area (Å²) in [4.78, 5) is 12.3. The van der Waals surface area contributed by atoms with Crippen LogP contribution in [-0.4, -0.2) is 56.4 Å². The number of hydrogen-bond acceptors (Lipinski definition) is 5. The molecule has 29 heavy (non-hydrogen) atoms. The molecule has 0 aliphatic carbocycles. The van der Waals surface area contributed by atoms with E-state index in [0.29, 0.717) is 36.7 Å². The average molecular weight is 427 g/mol. The molecule has 1 fully saturated rings. The predicted octanol–water partition coefficient (Wildman–Crippen LogP) is 3.02. The Balaban J connectivity index is 2.04. The third kappa shape index (κ3) is 5.93. The summed E-state index contributed by atoms with van der Waals surface area (Å²) < 4.78 is 38.9. The van der Waals surface area contributed by atoms with E-state index in [1.54, 1.807) is 28.6 Å². The number of benzene rings is 1. The van der Waals surface area contributed by atoms with Crippen molar-refractivity contribution < 1.29 is 22.7 Å². The number of carbonyl (C=O) groups excluding carboxylic acids is 1. The average Bonchev–Trinajstić information content (AvgIpc) is 3.04. The Kier molecular flexibility index (Phi) is 8.08. The number of ether oxygens (including phenoxy) is 2. The number of hydrogen-bond donors (Lipinski definition) is 1. The molecule has 0 aromatic heterocycles. The monoisotopic (exact) mass is 426 g/mol. The van der Waals surface area contributed by atoms with Gasteiger partial charge >= 0.3 is 0 Å². The van der Waals surface area contributed by atoms with E-state index in [4.69, 9.17) is 9.47 Å². The van der Waals surface area contributed by atoms with Crippen LogP contribution in [0.15, 0.2) is 24.3 Å². The van der Waals surface area contributed by atoms with E-state index in [9.17, 15) is 13.2 Å². The quantitative estimate of drug-likeness (QED) is 0.622. The Morgan fingerprint density at radius 3 is 2.76 bits per heavy atom. The zero-order valence-electron chi connectivity index (χ0n) is 18.1. The Hall–Kier alpha value is -1.64. The summed E-state index contributed by atoms with van der Waals surface area (Å²) in [6.45, 7) is 8.49. The van der Waals surface area contributed by atoms with Crippen LogP contribution in [0.3, 0.4) is 0 Å². The smallest absolute Gasteiger partial charge is 0.251 e. The van der Waals surface area contributed by atoms with E-state index >= 15 is 0 Å². The molecule has 1 aromatic rings. The minimum absolute atomic E-state index is 0.0333. The van der Waals surface area contributed by atoms with Gasteiger partial charge in [-0.2, -0.15) is 4.31 Å². The third-order valence-corrected chi connectivity index (χ3v) is 7.32. The summed E-state index contributed by atoms with van der Waals surface area (Å²) >= 11 is 0. The molecule has 8 heteroatoms. The van der Waals surface area contributed by atoms with Crippen LogP contribution in [0.2, 0.25) is 0 Å². The molecule has 1 amide bonds. The first-order valence-electron chi connectivity index (χ1n) is 10.2. The number of nitrogens with zero attached hydrogens (tertiary/aromatic N) is 1. The van der Waals surface area contributed by atoms with Crippen molar-refractivity contribution in [2.75, 3.05) is 26.0 Å². The molecule has 0 unspecified atom stereocenters. The van der Waals surface area contributed by atoms with Gasteiger partial charge in [-0.3, -0.25) is 4.79 Å². The summed E-state index contributed by atoms with van der Waals surface area (Å²) in [6, 6.07) is 6.58. The molecular weight excluding hydrogens is 392 g/mol. The SMILES string of the molecule is CC[C@@H]1CO[C@](C)(CCC(C)C)N1S(=O)(=O)CCNC(=O)c1cccc(OC)c1. The fourth-order valence-corrected chi connectivity index (χ4v) is 5.55. The standard InChI is InChI=1S/C21H34N2O5S/c1-6-18-15-28-21(4,11-10-16(2)3)23(18)29(25,26)13-12-22-20(24)17-8-7-9-19(14-17)27-5/h7-9,14,16,18H,6,10-13,15H2,1-5H3,(H,22,24)/t18-,21-/m1/s1. The minimum Gasteiger partial charge on any atom is -0.497 e. The lowest BCUT2D eigenvalue weighted by molar-refractivity contribution is -0.0433. The second-order valence-electron chi connectivity index (χ2n) is 8.08.